The molecule has 4 nitrogen and oxygen atoms in total. The van der Waals surface area contributed by atoms with Gasteiger partial charge in [0, 0.05) is 0 Å². The van der Waals surface area contributed by atoms with Crippen LogP contribution in [-0.4, -0.2) is 37.1 Å². The van der Waals surface area contributed by atoms with Gasteiger partial charge in [-0.05, 0) is 5.92 Å². The molecule has 9 heteroatoms. The Bertz CT molecular complexity index is 343. The average molecular weight is 291 g/mol. The predicted molar refractivity (Wildman–Crippen MR) is 54.4 cm³/mol. The van der Waals surface area contributed by atoms with Gasteiger partial charge in [0.15, 0.2) is 0 Å². The number of nitrogens with one attached hydrogen (secondary N) is 1. The maximum absolute atomic E-state index is 12.7. The molecule has 1 amide bonds. The first-order chi connectivity index (χ1) is 8.48. The van der Waals surface area contributed by atoms with Crippen LogP contribution in [0.4, 0.5) is 22.0 Å². The molecule has 19 heavy (non-hydrogen) atoms. The molecule has 0 aliphatic carbocycles. The zero-order valence-electron chi connectivity index (χ0n) is 10.5. The Morgan fingerprint density at radius 2 is 1.68 bits per heavy atom. The summed E-state index contributed by atoms with van der Waals surface area (Å²) in [4.78, 5) is 22.2. The van der Waals surface area contributed by atoms with Crippen LogP contribution in [0.15, 0.2) is 0 Å². The largest absolute Gasteiger partial charge is 0.467 e. The van der Waals surface area contributed by atoms with Crippen molar-refractivity contribution >= 4 is 11.9 Å². The zero-order chi connectivity index (χ0) is 15.4. The highest BCUT2D eigenvalue weighted by molar-refractivity contribution is 5.89. The fourth-order valence-corrected chi connectivity index (χ4v) is 1.16. The fourth-order valence-electron chi connectivity index (χ4n) is 1.16. The summed E-state index contributed by atoms with van der Waals surface area (Å²) in [6.07, 6.45) is -5.75. The number of halogens is 5. The molecule has 0 aromatic heterocycles. The molecule has 112 valence electrons. The summed E-state index contributed by atoms with van der Waals surface area (Å²) < 4.78 is 65.6. The summed E-state index contributed by atoms with van der Waals surface area (Å²) >= 11 is 0. The Balaban J connectivity index is 5.07. The van der Waals surface area contributed by atoms with Crippen LogP contribution in [0.3, 0.4) is 0 Å². The Morgan fingerprint density at radius 3 is 2.00 bits per heavy atom. The van der Waals surface area contributed by atoms with Crippen LogP contribution in [0.1, 0.15) is 20.3 Å². The van der Waals surface area contributed by atoms with Gasteiger partial charge in [-0.15, -0.1) is 0 Å². The molecule has 0 aromatic rings. The van der Waals surface area contributed by atoms with Gasteiger partial charge in [0.1, 0.15) is 6.04 Å². The minimum atomic E-state index is -6.02. The number of hydrogen-bond acceptors (Lipinski definition) is 3. The van der Waals surface area contributed by atoms with Crippen LogP contribution in [0.5, 0.6) is 0 Å². The van der Waals surface area contributed by atoms with E-state index in [0.29, 0.717) is 0 Å². The second-order valence-corrected chi connectivity index (χ2v) is 3.93. The van der Waals surface area contributed by atoms with Gasteiger partial charge in [0.05, 0.1) is 7.11 Å². The number of ether oxygens (including phenoxy) is 1. The Morgan fingerprint density at radius 1 is 1.21 bits per heavy atom. The van der Waals surface area contributed by atoms with Crippen LogP contribution in [0.25, 0.3) is 0 Å². The molecule has 0 heterocycles. The predicted octanol–water partition coefficient (Wildman–Crippen LogP) is 1.89. The van der Waals surface area contributed by atoms with E-state index in [1.807, 2.05) is 0 Å². The Kier molecular flexibility index (Phi) is 5.70. The van der Waals surface area contributed by atoms with Gasteiger partial charge < -0.3 is 10.1 Å². The van der Waals surface area contributed by atoms with Crippen molar-refractivity contribution < 1.29 is 36.3 Å². The number of methoxy groups -OCH3 is 1. The molecule has 0 rings (SSSR count). The SMILES string of the molecule is CCC(C)C(NC(=O)C(F)(F)C(F)(F)F)C(=O)OC. The first-order valence-corrected chi connectivity index (χ1v) is 5.32. The van der Waals surface area contributed by atoms with Crippen molar-refractivity contribution in [2.24, 2.45) is 5.92 Å². The molecule has 0 spiro atoms. The highest BCUT2D eigenvalue weighted by Gasteiger charge is 2.63. The van der Waals surface area contributed by atoms with Crippen LogP contribution in [-0.2, 0) is 14.3 Å². The smallest absolute Gasteiger partial charge is 0.463 e. The molecule has 1 N–H and O–H groups in total. The molecular formula is C10H14F5NO3. The third-order valence-electron chi connectivity index (χ3n) is 2.60. The van der Waals surface area contributed by atoms with E-state index in [2.05, 4.69) is 4.74 Å². The molecule has 2 atom stereocenters. The molecular weight excluding hydrogens is 277 g/mol. The summed E-state index contributed by atoms with van der Waals surface area (Å²) in [7, 11) is 0.936. The van der Waals surface area contributed by atoms with Crippen LogP contribution in [0.2, 0.25) is 0 Å². The number of hydrogen-bond donors (Lipinski definition) is 1. The molecule has 0 bridgehead atoms. The minimum Gasteiger partial charge on any atom is -0.467 e. The van der Waals surface area contributed by atoms with Gasteiger partial charge in [-0.25, -0.2) is 4.79 Å². The summed E-state index contributed by atoms with van der Waals surface area (Å²) in [5.41, 5.74) is 0. The van der Waals surface area contributed by atoms with E-state index in [0.717, 1.165) is 7.11 Å². The topological polar surface area (TPSA) is 55.4 Å². The van der Waals surface area contributed by atoms with E-state index in [1.165, 1.54) is 12.2 Å². The van der Waals surface area contributed by atoms with Crippen molar-refractivity contribution in [3.05, 3.63) is 0 Å². The molecule has 0 radical (unpaired) electrons. The highest BCUT2D eigenvalue weighted by Crippen LogP contribution is 2.35. The molecule has 0 aliphatic rings. The van der Waals surface area contributed by atoms with Crippen molar-refractivity contribution in [3.63, 3.8) is 0 Å². The monoisotopic (exact) mass is 291 g/mol. The van der Waals surface area contributed by atoms with Crippen molar-refractivity contribution in [3.8, 4) is 0 Å². The zero-order valence-corrected chi connectivity index (χ0v) is 10.5. The van der Waals surface area contributed by atoms with Crippen molar-refractivity contribution in [1.29, 1.82) is 0 Å². The fraction of sp³-hybridized carbons (Fsp3) is 0.800. The first kappa shape index (κ1) is 17.6. The molecule has 2 unspecified atom stereocenters. The van der Waals surface area contributed by atoms with Gasteiger partial charge in [-0.3, -0.25) is 4.79 Å². The summed E-state index contributed by atoms with van der Waals surface area (Å²) in [5, 5.41) is 1.38. The maximum atomic E-state index is 12.7. The van der Waals surface area contributed by atoms with Crippen molar-refractivity contribution in [1.82, 2.24) is 5.32 Å². The number of carbonyl (C=O) groups excluding carboxylic acids is 2. The average Bonchev–Trinajstić information content (AvgIpc) is 2.32. The molecule has 0 saturated heterocycles. The quantitative estimate of drug-likeness (QED) is 0.621. The van der Waals surface area contributed by atoms with Gasteiger partial charge in [0.2, 0.25) is 0 Å². The van der Waals surface area contributed by atoms with E-state index in [4.69, 9.17) is 0 Å². The van der Waals surface area contributed by atoms with E-state index < -0.39 is 35.9 Å². The third-order valence-corrected chi connectivity index (χ3v) is 2.60. The normalized spacial score (nSPS) is 15.6. The minimum absolute atomic E-state index is 0.275. The van der Waals surface area contributed by atoms with Gasteiger partial charge in [0.25, 0.3) is 0 Å². The second-order valence-electron chi connectivity index (χ2n) is 3.93. The molecule has 0 aromatic carbocycles. The Labute approximate surface area is 106 Å². The van der Waals surface area contributed by atoms with E-state index in [-0.39, 0.29) is 6.42 Å². The van der Waals surface area contributed by atoms with Gasteiger partial charge in [-0.1, -0.05) is 20.3 Å². The maximum Gasteiger partial charge on any atom is 0.463 e. The number of rotatable bonds is 5. The van der Waals surface area contributed by atoms with Crippen molar-refractivity contribution in [2.45, 2.75) is 38.4 Å². The number of alkyl halides is 5. The van der Waals surface area contributed by atoms with Crippen LogP contribution < -0.4 is 5.32 Å². The molecule has 0 saturated carbocycles. The van der Waals surface area contributed by atoms with E-state index in [1.54, 1.807) is 6.92 Å². The lowest BCUT2D eigenvalue weighted by atomic mass is 9.99. The number of amides is 1. The van der Waals surface area contributed by atoms with Crippen LogP contribution in [0, 0.1) is 5.92 Å². The molecule has 0 aliphatic heterocycles. The lowest BCUT2D eigenvalue weighted by Gasteiger charge is -2.25. The van der Waals surface area contributed by atoms with Crippen LogP contribution >= 0.6 is 0 Å². The highest BCUT2D eigenvalue weighted by atomic mass is 19.4. The lowest BCUT2D eigenvalue weighted by molar-refractivity contribution is -0.270. The first-order valence-electron chi connectivity index (χ1n) is 5.32. The summed E-state index contributed by atoms with van der Waals surface area (Å²) in [6.45, 7) is 2.99. The number of esters is 1. The van der Waals surface area contributed by atoms with E-state index in [9.17, 15) is 31.5 Å². The molecule has 0 fully saturated rings. The number of carbonyl (C=O) groups is 2. The third kappa shape index (κ3) is 4.03. The standard InChI is InChI=1S/C10H14F5NO3/c1-4-5(2)6(7(17)19-3)16-8(18)9(11,12)10(13,14)15/h5-6H,4H2,1-3H3,(H,16,18). The van der Waals surface area contributed by atoms with Crippen molar-refractivity contribution in [2.75, 3.05) is 7.11 Å². The summed E-state index contributed by atoms with van der Waals surface area (Å²) in [6, 6.07) is -1.56. The van der Waals surface area contributed by atoms with Gasteiger partial charge >= 0.3 is 24.0 Å². The van der Waals surface area contributed by atoms with Gasteiger partial charge in [-0.2, -0.15) is 22.0 Å². The Hall–Kier alpha value is -1.41. The van der Waals surface area contributed by atoms with E-state index >= 15 is 0 Å². The lowest BCUT2D eigenvalue weighted by Crippen LogP contribution is -2.56. The summed E-state index contributed by atoms with van der Waals surface area (Å²) in [5.74, 6) is -9.87. The second kappa shape index (κ2) is 6.16.